The van der Waals surface area contributed by atoms with Crippen LogP contribution in [0.5, 0.6) is 5.75 Å². The van der Waals surface area contributed by atoms with Crippen LogP contribution >= 0.6 is 11.6 Å². The summed E-state index contributed by atoms with van der Waals surface area (Å²) in [5.74, 6) is 1.62. The smallest absolute Gasteiger partial charge is 0.227 e. The zero-order valence-corrected chi connectivity index (χ0v) is 18.8. The van der Waals surface area contributed by atoms with Crippen LogP contribution in [0.25, 0.3) is 11.0 Å². The number of para-hydroxylation sites is 2. The number of carbonyl (C=O) groups is 1. The van der Waals surface area contributed by atoms with E-state index in [4.69, 9.17) is 21.3 Å². The number of fused-ring (bicyclic) bond motifs is 1. The monoisotopic (exact) mass is 445 g/mol. The summed E-state index contributed by atoms with van der Waals surface area (Å²) in [7, 11) is 1.61. The van der Waals surface area contributed by atoms with Crippen molar-refractivity contribution in [3.05, 3.63) is 88.7 Å². The van der Waals surface area contributed by atoms with Crippen LogP contribution in [0.4, 0.5) is 5.69 Å². The molecule has 0 saturated carbocycles. The van der Waals surface area contributed by atoms with E-state index < -0.39 is 0 Å². The Kier molecular flexibility index (Phi) is 5.35. The van der Waals surface area contributed by atoms with Crippen molar-refractivity contribution in [3.63, 3.8) is 0 Å². The van der Waals surface area contributed by atoms with Gasteiger partial charge in [0, 0.05) is 31.5 Å². The summed E-state index contributed by atoms with van der Waals surface area (Å²) < 4.78 is 7.58. The normalized spacial score (nSPS) is 16.2. The predicted molar refractivity (Wildman–Crippen MR) is 128 cm³/mol. The molecule has 1 aromatic heterocycles. The van der Waals surface area contributed by atoms with Gasteiger partial charge in [-0.05, 0) is 36.8 Å². The van der Waals surface area contributed by atoms with E-state index in [1.54, 1.807) is 24.1 Å². The molecule has 6 heteroatoms. The van der Waals surface area contributed by atoms with E-state index in [2.05, 4.69) is 41.8 Å². The maximum atomic E-state index is 13.0. The highest BCUT2D eigenvalue weighted by Crippen LogP contribution is 2.38. The van der Waals surface area contributed by atoms with Crippen LogP contribution in [-0.4, -0.2) is 29.1 Å². The molecule has 1 aliphatic heterocycles. The standard InChI is InChI=1S/C26H24ClN3O2/c1-17-7-9-18(10-8-17)15-30-23-6-4-3-5-22(23)28-26(30)19-13-25(31)29(16-19)24-14-20(32-2)11-12-21(24)27/h3-12,14,19H,13,15-16H2,1-2H3/t19-/m1/s1. The fraction of sp³-hybridized carbons (Fsp3) is 0.231. The highest BCUT2D eigenvalue weighted by molar-refractivity contribution is 6.34. The second kappa shape index (κ2) is 8.32. The van der Waals surface area contributed by atoms with Gasteiger partial charge in [-0.25, -0.2) is 4.98 Å². The lowest BCUT2D eigenvalue weighted by molar-refractivity contribution is -0.117. The third kappa shape index (κ3) is 3.73. The molecule has 0 spiro atoms. The number of benzene rings is 3. The Bertz CT molecular complexity index is 1300. The van der Waals surface area contributed by atoms with Gasteiger partial charge in [0.15, 0.2) is 0 Å². The first kappa shape index (κ1) is 20.6. The Hall–Kier alpha value is -3.31. The zero-order chi connectivity index (χ0) is 22.2. The summed E-state index contributed by atoms with van der Waals surface area (Å²) >= 11 is 6.44. The number of amides is 1. The number of ether oxygens (including phenoxy) is 1. The van der Waals surface area contributed by atoms with Crippen molar-refractivity contribution in [2.45, 2.75) is 25.8 Å². The summed E-state index contributed by atoms with van der Waals surface area (Å²) in [6, 6.07) is 22.1. The molecule has 0 radical (unpaired) electrons. The van der Waals surface area contributed by atoms with Gasteiger partial charge in [-0.3, -0.25) is 4.79 Å². The van der Waals surface area contributed by atoms with Crippen LogP contribution in [-0.2, 0) is 11.3 Å². The van der Waals surface area contributed by atoms with Gasteiger partial charge >= 0.3 is 0 Å². The van der Waals surface area contributed by atoms with Crippen molar-refractivity contribution in [2.24, 2.45) is 0 Å². The number of nitrogens with zero attached hydrogens (tertiary/aromatic N) is 3. The summed E-state index contributed by atoms with van der Waals surface area (Å²) in [5, 5.41) is 0.535. The molecular weight excluding hydrogens is 422 g/mol. The number of hydrogen-bond acceptors (Lipinski definition) is 3. The average molecular weight is 446 g/mol. The molecule has 1 aliphatic rings. The van der Waals surface area contributed by atoms with Crippen LogP contribution in [0.1, 0.15) is 29.3 Å². The van der Waals surface area contributed by atoms with E-state index in [9.17, 15) is 4.79 Å². The molecule has 1 atom stereocenters. The number of halogens is 1. The minimum atomic E-state index is -0.0254. The molecule has 4 aromatic rings. The lowest BCUT2D eigenvalue weighted by atomic mass is 10.1. The number of aromatic nitrogens is 2. The first-order valence-electron chi connectivity index (χ1n) is 10.7. The van der Waals surface area contributed by atoms with Gasteiger partial charge in [-0.15, -0.1) is 0 Å². The Morgan fingerprint density at radius 2 is 1.88 bits per heavy atom. The molecule has 2 heterocycles. The number of carbonyl (C=O) groups excluding carboxylic acids is 1. The lowest BCUT2D eigenvalue weighted by Crippen LogP contribution is -2.25. The molecule has 5 nitrogen and oxygen atoms in total. The number of imidazole rings is 1. The second-order valence-corrected chi connectivity index (χ2v) is 8.66. The van der Waals surface area contributed by atoms with Crippen molar-refractivity contribution >= 4 is 34.2 Å². The summed E-state index contributed by atoms with van der Waals surface area (Å²) in [6.45, 7) is 3.33. The fourth-order valence-corrected chi connectivity index (χ4v) is 4.61. The topological polar surface area (TPSA) is 47.4 Å². The summed E-state index contributed by atoms with van der Waals surface area (Å²) in [6.07, 6.45) is 0.394. The second-order valence-electron chi connectivity index (χ2n) is 8.25. The molecule has 5 rings (SSSR count). The minimum absolute atomic E-state index is 0.0254. The summed E-state index contributed by atoms with van der Waals surface area (Å²) in [4.78, 5) is 19.7. The van der Waals surface area contributed by atoms with E-state index in [1.807, 2.05) is 24.3 Å². The Labute approximate surface area is 192 Å². The predicted octanol–water partition coefficient (Wildman–Crippen LogP) is 5.58. The zero-order valence-electron chi connectivity index (χ0n) is 18.1. The van der Waals surface area contributed by atoms with Crippen molar-refractivity contribution in [1.82, 2.24) is 9.55 Å². The molecular formula is C26H24ClN3O2. The van der Waals surface area contributed by atoms with Crippen LogP contribution in [0.15, 0.2) is 66.7 Å². The summed E-state index contributed by atoms with van der Waals surface area (Å²) in [5.41, 5.74) is 5.14. The van der Waals surface area contributed by atoms with Crippen LogP contribution < -0.4 is 9.64 Å². The van der Waals surface area contributed by atoms with E-state index in [-0.39, 0.29) is 11.8 Å². The minimum Gasteiger partial charge on any atom is -0.497 e. The quantitative estimate of drug-likeness (QED) is 0.403. The molecule has 0 unspecified atom stereocenters. The van der Waals surface area contributed by atoms with Crippen molar-refractivity contribution in [1.29, 1.82) is 0 Å². The first-order chi connectivity index (χ1) is 15.5. The van der Waals surface area contributed by atoms with E-state index >= 15 is 0 Å². The average Bonchev–Trinajstić information content (AvgIpc) is 3.36. The molecule has 1 saturated heterocycles. The molecule has 0 N–H and O–H groups in total. The van der Waals surface area contributed by atoms with Crippen molar-refractivity contribution < 1.29 is 9.53 Å². The Morgan fingerprint density at radius 1 is 1.09 bits per heavy atom. The third-order valence-corrected chi connectivity index (χ3v) is 6.40. The fourth-order valence-electron chi connectivity index (χ4n) is 4.39. The molecule has 3 aromatic carbocycles. The van der Waals surface area contributed by atoms with Gasteiger partial charge in [0.05, 0.1) is 28.9 Å². The third-order valence-electron chi connectivity index (χ3n) is 6.08. The van der Waals surface area contributed by atoms with Crippen LogP contribution in [0.3, 0.4) is 0 Å². The number of anilines is 1. The molecule has 162 valence electrons. The number of aryl methyl sites for hydroxylation is 1. The van der Waals surface area contributed by atoms with Gasteiger partial charge < -0.3 is 14.2 Å². The molecule has 0 bridgehead atoms. The maximum absolute atomic E-state index is 13.0. The van der Waals surface area contributed by atoms with Crippen molar-refractivity contribution in [2.75, 3.05) is 18.6 Å². The van der Waals surface area contributed by atoms with Crippen molar-refractivity contribution in [3.8, 4) is 5.75 Å². The van der Waals surface area contributed by atoms with Crippen LogP contribution in [0.2, 0.25) is 5.02 Å². The van der Waals surface area contributed by atoms with Gasteiger partial charge in [0.1, 0.15) is 11.6 Å². The van der Waals surface area contributed by atoms with Gasteiger partial charge in [-0.1, -0.05) is 53.6 Å². The highest BCUT2D eigenvalue weighted by atomic mass is 35.5. The Morgan fingerprint density at radius 3 is 2.66 bits per heavy atom. The van der Waals surface area contributed by atoms with E-state index in [1.165, 1.54) is 11.1 Å². The Balaban J connectivity index is 1.52. The molecule has 1 amide bonds. The lowest BCUT2D eigenvalue weighted by Gasteiger charge is -2.19. The van der Waals surface area contributed by atoms with Gasteiger partial charge in [0.25, 0.3) is 0 Å². The highest BCUT2D eigenvalue weighted by Gasteiger charge is 2.35. The molecule has 1 fully saturated rings. The molecule has 32 heavy (non-hydrogen) atoms. The number of rotatable bonds is 5. The maximum Gasteiger partial charge on any atom is 0.227 e. The van der Waals surface area contributed by atoms with Gasteiger partial charge in [-0.2, -0.15) is 0 Å². The SMILES string of the molecule is COc1ccc(Cl)c(N2C[C@H](c3nc4ccccc4n3Cc3ccc(C)cc3)CC2=O)c1. The number of hydrogen-bond donors (Lipinski definition) is 0. The van der Waals surface area contributed by atoms with Crippen LogP contribution in [0, 0.1) is 6.92 Å². The van der Waals surface area contributed by atoms with Gasteiger partial charge in [0.2, 0.25) is 5.91 Å². The first-order valence-corrected chi connectivity index (χ1v) is 11.1. The number of methoxy groups -OCH3 is 1. The van der Waals surface area contributed by atoms with E-state index in [0.29, 0.717) is 36.0 Å². The van der Waals surface area contributed by atoms with E-state index in [0.717, 1.165) is 16.9 Å². The molecule has 0 aliphatic carbocycles. The largest absolute Gasteiger partial charge is 0.497 e.